The first-order valence-electron chi connectivity index (χ1n) is 7.63. The normalized spacial score (nSPS) is 22.5. The molecule has 1 atom stereocenters. The number of halogens is 3. The van der Waals surface area contributed by atoms with E-state index in [-0.39, 0.29) is 28.9 Å². The molecule has 0 radical (unpaired) electrons. The van der Waals surface area contributed by atoms with Crippen LogP contribution in [0.2, 0.25) is 5.02 Å². The van der Waals surface area contributed by atoms with Gasteiger partial charge >= 0.3 is 0 Å². The number of rotatable bonds is 2. The smallest absolute Gasteiger partial charge is 0.258 e. The quantitative estimate of drug-likeness (QED) is 0.888. The first-order valence-corrected chi connectivity index (χ1v) is 8.01. The summed E-state index contributed by atoms with van der Waals surface area (Å²) in [5, 5.41) is 3.73. The Hall–Kier alpha value is -0.840. The topological polar surface area (TPSA) is 32.3 Å². The molecule has 122 valence electrons. The third-order valence-corrected chi connectivity index (χ3v) is 4.99. The van der Waals surface area contributed by atoms with E-state index in [4.69, 9.17) is 11.6 Å². The molecule has 6 heteroatoms. The number of carbonyl (C=O) groups is 1. The predicted molar refractivity (Wildman–Crippen MR) is 88.3 cm³/mol. The average molecular weight is 347 g/mol. The van der Waals surface area contributed by atoms with Gasteiger partial charge in [-0.2, -0.15) is 0 Å². The van der Waals surface area contributed by atoms with Crippen molar-refractivity contribution in [3.63, 3.8) is 0 Å². The van der Waals surface area contributed by atoms with Crippen LogP contribution in [0.25, 0.3) is 0 Å². The highest BCUT2D eigenvalue weighted by molar-refractivity contribution is 6.33. The highest BCUT2D eigenvalue weighted by atomic mass is 35.5. The minimum atomic E-state index is -0.535. The first-order chi connectivity index (χ1) is 10.2. The number of piperidine rings is 1. The molecular formula is C16H21Cl2FN2O. The number of nitrogens with one attached hydrogen (secondary N) is 1. The Morgan fingerprint density at radius 1 is 1.27 bits per heavy atom. The summed E-state index contributed by atoms with van der Waals surface area (Å²) >= 11 is 5.98. The summed E-state index contributed by atoms with van der Waals surface area (Å²) in [7, 11) is 0. The van der Waals surface area contributed by atoms with Crippen molar-refractivity contribution in [3.05, 3.63) is 34.6 Å². The summed E-state index contributed by atoms with van der Waals surface area (Å²) < 4.78 is 13.8. The largest absolute Gasteiger partial charge is 0.338 e. The summed E-state index contributed by atoms with van der Waals surface area (Å²) in [5.74, 6) is -0.185. The van der Waals surface area contributed by atoms with Crippen molar-refractivity contribution in [1.82, 2.24) is 10.2 Å². The number of benzene rings is 1. The third-order valence-electron chi connectivity index (χ3n) is 4.67. The number of hydrogen-bond acceptors (Lipinski definition) is 2. The van der Waals surface area contributed by atoms with Crippen molar-refractivity contribution in [3.8, 4) is 0 Å². The molecule has 1 unspecified atom stereocenters. The zero-order chi connectivity index (χ0) is 14.8. The molecule has 3 rings (SSSR count). The van der Waals surface area contributed by atoms with Gasteiger partial charge in [0, 0.05) is 19.1 Å². The molecule has 3 nitrogen and oxygen atoms in total. The van der Waals surface area contributed by atoms with Crippen molar-refractivity contribution < 1.29 is 9.18 Å². The molecule has 2 saturated heterocycles. The molecule has 0 spiro atoms. The predicted octanol–water partition coefficient (Wildman–Crippen LogP) is 3.51. The van der Waals surface area contributed by atoms with E-state index in [1.54, 1.807) is 11.0 Å². The Morgan fingerprint density at radius 2 is 2.00 bits per heavy atom. The summed E-state index contributed by atoms with van der Waals surface area (Å²) in [5.41, 5.74) is 0.0107. The fraction of sp³-hybridized carbons (Fsp3) is 0.562. The minimum Gasteiger partial charge on any atom is -0.338 e. The van der Waals surface area contributed by atoms with E-state index >= 15 is 0 Å². The summed E-state index contributed by atoms with van der Waals surface area (Å²) in [6, 6.07) is 4.97. The Morgan fingerprint density at radius 3 is 2.59 bits per heavy atom. The van der Waals surface area contributed by atoms with Crippen molar-refractivity contribution in [2.24, 2.45) is 5.92 Å². The van der Waals surface area contributed by atoms with Gasteiger partial charge < -0.3 is 10.2 Å². The molecule has 0 aliphatic carbocycles. The lowest BCUT2D eigenvalue weighted by atomic mass is 9.88. The van der Waals surface area contributed by atoms with Crippen LogP contribution >= 0.6 is 24.0 Å². The average Bonchev–Trinajstić information content (AvgIpc) is 3.01. The fourth-order valence-electron chi connectivity index (χ4n) is 3.48. The van der Waals surface area contributed by atoms with Gasteiger partial charge in [-0.25, -0.2) is 4.39 Å². The molecule has 2 aliphatic rings. The molecule has 2 aliphatic heterocycles. The number of carbonyl (C=O) groups excluding carboxylic acids is 1. The Balaban J connectivity index is 0.00000176. The third kappa shape index (κ3) is 3.55. The Kier molecular flexibility index (Phi) is 6.07. The van der Waals surface area contributed by atoms with Gasteiger partial charge in [0.2, 0.25) is 0 Å². The fourth-order valence-corrected chi connectivity index (χ4v) is 3.72. The first kappa shape index (κ1) is 17.5. The second kappa shape index (κ2) is 7.62. The van der Waals surface area contributed by atoms with E-state index < -0.39 is 5.82 Å². The zero-order valence-corrected chi connectivity index (χ0v) is 13.9. The van der Waals surface area contributed by atoms with Crippen LogP contribution in [0.4, 0.5) is 4.39 Å². The summed E-state index contributed by atoms with van der Waals surface area (Å²) in [6.45, 7) is 2.48. The molecule has 22 heavy (non-hydrogen) atoms. The van der Waals surface area contributed by atoms with Gasteiger partial charge in [-0.15, -0.1) is 12.4 Å². The molecule has 2 fully saturated rings. The van der Waals surface area contributed by atoms with E-state index in [1.165, 1.54) is 25.0 Å². The summed E-state index contributed by atoms with van der Waals surface area (Å²) in [6.07, 6.45) is 4.44. The van der Waals surface area contributed by atoms with Gasteiger partial charge in [0.25, 0.3) is 5.91 Å². The lowest BCUT2D eigenvalue weighted by molar-refractivity contribution is 0.0670. The maximum Gasteiger partial charge on any atom is 0.258 e. The number of amides is 1. The minimum absolute atomic E-state index is 0. The molecule has 1 amide bonds. The summed E-state index contributed by atoms with van der Waals surface area (Å²) in [4.78, 5) is 14.2. The van der Waals surface area contributed by atoms with Crippen LogP contribution in [-0.2, 0) is 0 Å². The van der Waals surface area contributed by atoms with Crippen LogP contribution in [0.3, 0.4) is 0 Å². The van der Waals surface area contributed by atoms with Gasteiger partial charge in [-0.1, -0.05) is 17.7 Å². The molecule has 1 aromatic rings. The van der Waals surface area contributed by atoms with E-state index in [0.717, 1.165) is 19.4 Å². The van der Waals surface area contributed by atoms with Gasteiger partial charge in [0.05, 0.1) is 10.6 Å². The van der Waals surface area contributed by atoms with E-state index in [1.807, 2.05) is 0 Å². The second-order valence-corrected chi connectivity index (χ2v) is 6.34. The molecule has 0 aromatic heterocycles. The molecule has 2 heterocycles. The molecular weight excluding hydrogens is 326 g/mol. The van der Waals surface area contributed by atoms with Crippen LogP contribution in [0.1, 0.15) is 36.0 Å². The second-order valence-electron chi connectivity index (χ2n) is 5.93. The standard InChI is InChI=1S/C16H20ClFN2O.ClH/c17-12-3-1-4-13(18)15(12)16(21)20-9-6-11(7-10-20)14-5-2-8-19-14;/h1,3-4,11,14,19H,2,5-10H2;1H. The Labute approximate surface area is 141 Å². The van der Waals surface area contributed by atoms with Gasteiger partial charge in [-0.05, 0) is 50.3 Å². The molecule has 1 aromatic carbocycles. The number of hydrogen-bond donors (Lipinski definition) is 1. The molecule has 1 N–H and O–H groups in total. The monoisotopic (exact) mass is 346 g/mol. The number of nitrogens with zero attached hydrogens (tertiary/aromatic N) is 1. The lowest BCUT2D eigenvalue weighted by Gasteiger charge is -2.35. The van der Waals surface area contributed by atoms with Gasteiger partial charge in [0.15, 0.2) is 0 Å². The van der Waals surface area contributed by atoms with Crippen LogP contribution in [0.5, 0.6) is 0 Å². The van der Waals surface area contributed by atoms with Crippen molar-refractivity contribution in [2.45, 2.75) is 31.7 Å². The highest BCUT2D eigenvalue weighted by Gasteiger charge is 2.31. The van der Waals surface area contributed by atoms with Gasteiger partial charge in [-0.3, -0.25) is 4.79 Å². The maximum absolute atomic E-state index is 13.8. The maximum atomic E-state index is 13.8. The zero-order valence-electron chi connectivity index (χ0n) is 12.4. The van der Waals surface area contributed by atoms with Crippen LogP contribution in [-0.4, -0.2) is 36.5 Å². The van der Waals surface area contributed by atoms with Gasteiger partial charge in [0.1, 0.15) is 5.82 Å². The lowest BCUT2D eigenvalue weighted by Crippen LogP contribution is -2.43. The van der Waals surface area contributed by atoms with Crippen LogP contribution in [0, 0.1) is 11.7 Å². The van der Waals surface area contributed by atoms with Crippen molar-refractivity contribution in [2.75, 3.05) is 19.6 Å². The van der Waals surface area contributed by atoms with E-state index in [0.29, 0.717) is 25.0 Å². The van der Waals surface area contributed by atoms with Crippen molar-refractivity contribution in [1.29, 1.82) is 0 Å². The molecule has 0 bridgehead atoms. The van der Waals surface area contributed by atoms with Crippen LogP contribution in [0.15, 0.2) is 18.2 Å². The highest BCUT2D eigenvalue weighted by Crippen LogP contribution is 2.28. The van der Waals surface area contributed by atoms with E-state index in [9.17, 15) is 9.18 Å². The van der Waals surface area contributed by atoms with E-state index in [2.05, 4.69) is 5.32 Å². The SMILES string of the molecule is Cl.O=C(c1c(F)cccc1Cl)N1CCC(C2CCCN2)CC1. The number of likely N-dealkylation sites (tertiary alicyclic amines) is 1. The Bertz CT molecular complexity index is 507. The molecule has 0 saturated carbocycles. The van der Waals surface area contributed by atoms with Crippen LogP contribution < -0.4 is 5.32 Å². The van der Waals surface area contributed by atoms with Crippen molar-refractivity contribution >= 4 is 29.9 Å².